The molecular weight excluding hydrogens is 430 g/mol. The van der Waals surface area contributed by atoms with E-state index in [2.05, 4.69) is 38.9 Å². The van der Waals surface area contributed by atoms with Crippen molar-refractivity contribution in [1.82, 2.24) is 4.90 Å². The van der Waals surface area contributed by atoms with Crippen molar-refractivity contribution in [2.24, 2.45) is 5.92 Å². The van der Waals surface area contributed by atoms with Crippen LogP contribution in [0.5, 0.6) is 0 Å². The van der Waals surface area contributed by atoms with Gasteiger partial charge in [-0.2, -0.15) is 0 Å². The van der Waals surface area contributed by atoms with E-state index in [0.717, 1.165) is 32.2 Å². The van der Waals surface area contributed by atoms with E-state index in [0.29, 0.717) is 6.61 Å². The molecule has 0 aliphatic carbocycles. The van der Waals surface area contributed by atoms with Crippen LogP contribution in [0.1, 0.15) is 155 Å². The fourth-order valence-corrected chi connectivity index (χ4v) is 4.68. The number of unbranched alkanes of at least 4 members (excludes halogenated alkanes) is 18. The van der Waals surface area contributed by atoms with E-state index in [1.165, 1.54) is 116 Å². The van der Waals surface area contributed by atoms with Crippen LogP contribution in [0.3, 0.4) is 0 Å². The van der Waals surface area contributed by atoms with Crippen LogP contribution >= 0.6 is 0 Å². The third-order valence-corrected chi connectivity index (χ3v) is 7.13. The first kappa shape index (κ1) is 34.2. The lowest BCUT2D eigenvalue weighted by Crippen LogP contribution is -2.23. The van der Waals surface area contributed by atoms with E-state index in [9.17, 15) is 4.79 Å². The van der Waals surface area contributed by atoms with Gasteiger partial charge in [-0.1, -0.05) is 142 Å². The summed E-state index contributed by atoms with van der Waals surface area (Å²) in [6, 6.07) is 0. The van der Waals surface area contributed by atoms with Gasteiger partial charge in [0.25, 0.3) is 0 Å². The molecule has 0 N–H and O–H groups in total. The van der Waals surface area contributed by atoms with Crippen molar-refractivity contribution in [2.45, 2.75) is 155 Å². The second-order valence-corrected chi connectivity index (χ2v) is 11.0. The Kier molecular flexibility index (Phi) is 27.1. The fourth-order valence-electron chi connectivity index (χ4n) is 4.68. The minimum absolute atomic E-state index is 0.00926. The molecule has 208 valence electrons. The predicted molar refractivity (Wildman–Crippen MR) is 155 cm³/mol. The number of carbonyl (C=O) groups excluding carboxylic acids is 1. The number of rotatable bonds is 27. The van der Waals surface area contributed by atoms with Gasteiger partial charge in [-0.05, 0) is 46.3 Å². The molecule has 3 nitrogen and oxygen atoms in total. The average Bonchev–Trinajstić information content (AvgIpc) is 2.84. The maximum absolute atomic E-state index is 12.7. The van der Waals surface area contributed by atoms with Crippen molar-refractivity contribution in [3.05, 3.63) is 12.2 Å². The Morgan fingerprint density at radius 2 is 1.09 bits per heavy atom. The Bertz CT molecular complexity index is 460. The molecular formula is C32H63NO2. The zero-order chi connectivity index (χ0) is 25.8. The molecule has 0 heterocycles. The van der Waals surface area contributed by atoms with Gasteiger partial charge in [-0.3, -0.25) is 4.79 Å². The fraction of sp³-hybridized carbons (Fsp3) is 0.906. The lowest BCUT2D eigenvalue weighted by Gasteiger charge is -2.18. The van der Waals surface area contributed by atoms with Gasteiger partial charge < -0.3 is 9.64 Å². The summed E-state index contributed by atoms with van der Waals surface area (Å²) in [5.41, 5.74) is 0. The molecule has 0 aromatic heterocycles. The zero-order valence-corrected chi connectivity index (χ0v) is 24.5. The Hall–Kier alpha value is -0.830. The molecule has 3 heteroatoms. The Labute approximate surface area is 220 Å². The van der Waals surface area contributed by atoms with Crippen molar-refractivity contribution in [1.29, 1.82) is 0 Å². The summed E-state index contributed by atoms with van der Waals surface area (Å²) in [5.74, 6) is 0.0621. The van der Waals surface area contributed by atoms with Gasteiger partial charge in [0.05, 0.1) is 5.92 Å². The number of carbonyl (C=O) groups is 1. The summed E-state index contributed by atoms with van der Waals surface area (Å²) in [7, 11) is 4.16. The summed E-state index contributed by atoms with van der Waals surface area (Å²) in [4.78, 5) is 14.8. The van der Waals surface area contributed by atoms with E-state index >= 15 is 0 Å². The number of nitrogens with zero attached hydrogens (tertiary/aromatic N) is 1. The van der Waals surface area contributed by atoms with E-state index in [1.807, 2.05) is 6.08 Å². The van der Waals surface area contributed by atoms with Gasteiger partial charge in [0.1, 0.15) is 6.61 Å². The molecule has 0 rings (SSSR count). The molecule has 0 radical (unpaired) electrons. The lowest BCUT2D eigenvalue weighted by molar-refractivity contribution is -0.147. The van der Waals surface area contributed by atoms with Gasteiger partial charge in [0.15, 0.2) is 0 Å². The molecule has 0 aliphatic heterocycles. The van der Waals surface area contributed by atoms with E-state index in [1.54, 1.807) is 0 Å². The smallest absolute Gasteiger partial charge is 0.309 e. The SMILES string of the molecule is CCCCCCCC/C=C\COC(=O)C(CCCCCCCCCCCCCCC)CCN(C)C. The van der Waals surface area contributed by atoms with E-state index < -0.39 is 0 Å². The average molecular weight is 494 g/mol. The van der Waals surface area contributed by atoms with Crippen LogP contribution in [-0.4, -0.2) is 38.1 Å². The molecule has 0 amide bonds. The molecule has 0 aliphatic rings. The van der Waals surface area contributed by atoms with E-state index in [4.69, 9.17) is 4.74 Å². The first-order valence-electron chi connectivity index (χ1n) is 15.6. The predicted octanol–water partition coefficient (Wildman–Crippen LogP) is 9.89. The topological polar surface area (TPSA) is 29.5 Å². The molecule has 1 atom stereocenters. The van der Waals surface area contributed by atoms with Crippen molar-refractivity contribution < 1.29 is 9.53 Å². The summed E-state index contributed by atoms with van der Waals surface area (Å²) in [6.07, 6.45) is 32.9. The van der Waals surface area contributed by atoms with Crippen LogP contribution in [0.25, 0.3) is 0 Å². The normalized spacial score (nSPS) is 12.6. The van der Waals surface area contributed by atoms with Gasteiger partial charge in [0.2, 0.25) is 0 Å². The van der Waals surface area contributed by atoms with Crippen LogP contribution in [-0.2, 0) is 9.53 Å². The first-order valence-corrected chi connectivity index (χ1v) is 15.6. The van der Waals surface area contributed by atoms with Gasteiger partial charge in [-0.25, -0.2) is 0 Å². The van der Waals surface area contributed by atoms with Crippen molar-refractivity contribution in [3.63, 3.8) is 0 Å². The first-order chi connectivity index (χ1) is 17.1. The summed E-state index contributed by atoms with van der Waals surface area (Å²) in [5, 5.41) is 0. The third kappa shape index (κ3) is 26.1. The monoisotopic (exact) mass is 493 g/mol. The van der Waals surface area contributed by atoms with Crippen LogP contribution in [0.2, 0.25) is 0 Å². The molecule has 0 spiro atoms. The minimum Gasteiger partial charge on any atom is -0.461 e. The van der Waals surface area contributed by atoms with Crippen LogP contribution in [0.4, 0.5) is 0 Å². The molecule has 0 aromatic rings. The molecule has 0 saturated heterocycles. The van der Waals surface area contributed by atoms with Crippen LogP contribution in [0, 0.1) is 5.92 Å². The second-order valence-electron chi connectivity index (χ2n) is 11.0. The summed E-state index contributed by atoms with van der Waals surface area (Å²) < 4.78 is 5.62. The molecule has 35 heavy (non-hydrogen) atoms. The maximum atomic E-state index is 12.7. The summed E-state index contributed by atoms with van der Waals surface area (Å²) >= 11 is 0. The highest BCUT2D eigenvalue weighted by Gasteiger charge is 2.19. The minimum atomic E-state index is 0.00926. The molecule has 0 saturated carbocycles. The van der Waals surface area contributed by atoms with Gasteiger partial charge in [-0.15, -0.1) is 0 Å². The van der Waals surface area contributed by atoms with E-state index in [-0.39, 0.29) is 11.9 Å². The summed E-state index contributed by atoms with van der Waals surface area (Å²) in [6.45, 7) is 5.93. The third-order valence-electron chi connectivity index (χ3n) is 7.13. The molecule has 0 fully saturated rings. The number of hydrogen-bond donors (Lipinski definition) is 0. The highest BCUT2D eigenvalue weighted by Crippen LogP contribution is 2.18. The lowest BCUT2D eigenvalue weighted by atomic mass is 9.96. The molecule has 1 unspecified atom stereocenters. The van der Waals surface area contributed by atoms with Crippen molar-refractivity contribution in [2.75, 3.05) is 27.2 Å². The Balaban J connectivity index is 3.85. The number of esters is 1. The van der Waals surface area contributed by atoms with Crippen LogP contribution in [0.15, 0.2) is 12.2 Å². The number of allylic oxidation sites excluding steroid dienone is 1. The quantitative estimate of drug-likeness (QED) is 0.0647. The number of hydrogen-bond acceptors (Lipinski definition) is 3. The maximum Gasteiger partial charge on any atom is 0.309 e. The molecule has 0 bridgehead atoms. The Morgan fingerprint density at radius 3 is 1.57 bits per heavy atom. The highest BCUT2D eigenvalue weighted by molar-refractivity contribution is 5.72. The number of ether oxygens (including phenoxy) is 1. The van der Waals surface area contributed by atoms with Gasteiger partial charge in [0, 0.05) is 0 Å². The van der Waals surface area contributed by atoms with Crippen LogP contribution < -0.4 is 0 Å². The molecule has 0 aromatic carbocycles. The standard InChI is InChI=1S/C32H63NO2/c1-5-7-9-11-13-15-16-17-18-19-21-23-25-27-31(28-29-33(3)4)32(34)35-30-26-24-22-20-14-12-10-8-6-2/h24,26,31H,5-23,25,27-30H2,1-4H3/b26-24-. The highest BCUT2D eigenvalue weighted by atomic mass is 16.5. The largest absolute Gasteiger partial charge is 0.461 e. The zero-order valence-electron chi connectivity index (χ0n) is 24.5. The van der Waals surface area contributed by atoms with Gasteiger partial charge >= 0.3 is 5.97 Å². The second kappa shape index (κ2) is 27.8. The Morgan fingerprint density at radius 1 is 0.629 bits per heavy atom. The van der Waals surface area contributed by atoms with Crippen molar-refractivity contribution >= 4 is 5.97 Å². The van der Waals surface area contributed by atoms with Crippen molar-refractivity contribution in [3.8, 4) is 0 Å².